The number of nitrogens with two attached hydrogens (primary N) is 1. The van der Waals surface area contributed by atoms with Gasteiger partial charge in [0.2, 0.25) is 0 Å². The van der Waals surface area contributed by atoms with E-state index < -0.39 is 0 Å². The van der Waals surface area contributed by atoms with Crippen LogP contribution in [0.3, 0.4) is 0 Å². The second kappa shape index (κ2) is 6.11. The number of benzene rings is 2. The maximum absolute atomic E-state index is 13.2. The molecule has 0 aliphatic heterocycles. The molecule has 0 aliphatic rings. The molecule has 0 amide bonds. The molecule has 0 aliphatic carbocycles. The van der Waals surface area contributed by atoms with Gasteiger partial charge in [-0.1, -0.05) is 35.9 Å². The lowest BCUT2D eigenvalue weighted by Gasteiger charge is -2.07. The molecule has 3 aromatic rings. The molecule has 2 nitrogen and oxygen atoms in total. The number of halogens is 2. The minimum absolute atomic E-state index is 0.105. The zero-order chi connectivity index (χ0) is 15.7. The standard InChI is InChI=1S/C18H18ClFN2/c1-12(21)8-14-11-22(18-5-3-2-4-16(14)18)10-13-6-7-15(20)9-17(13)19/h2-7,9,11-12H,8,10,21H2,1H3. The van der Waals surface area contributed by atoms with Crippen molar-refractivity contribution in [2.24, 2.45) is 5.73 Å². The maximum atomic E-state index is 13.2. The van der Waals surface area contributed by atoms with Gasteiger partial charge < -0.3 is 10.3 Å². The average Bonchev–Trinajstić information content (AvgIpc) is 2.80. The van der Waals surface area contributed by atoms with Crippen LogP contribution in [0.2, 0.25) is 5.02 Å². The lowest BCUT2D eigenvalue weighted by Crippen LogP contribution is -2.17. The zero-order valence-electron chi connectivity index (χ0n) is 12.4. The Labute approximate surface area is 134 Å². The Bertz CT molecular complexity index is 808. The van der Waals surface area contributed by atoms with Crippen LogP contribution in [0.4, 0.5) is 4.39 Å². The van der Waals surface area contributed by atoms with Gasteiger partial charge in [-0.2, -0.15) is 0 Å². The molecule has 1 aromatic heterocycles. The SMILES string of the molecule is CC(N)Cc1cn(Cc2ccc(F)cc2Cl)c2ccccc12. The highest BCUT2D eigenvalue weighted by atomic mass is 35.5. The lowest BCUT2D eigenvalue weighted by molar-refractivity contribution is 0.626. The van der Waals surface area contributed by atoms with E-state index in [2.05, 4.69) is 22.9 Å². The van der Waals surface area contributed by atoms with E-state index in [0.29, 0.717) is 11.6 Å². The van der Waals surface area contributed by atoms with Crippen molar-refractivity contribution in [2.75, 3.05) is 0 Å². The summed E-state index contributed by atoms with van der Waals surface area (Å²) in [4.78, 5) is 0. The van der Waals surface area contributed by atoms with Crippen LogP contribution in [-0.2, 0) is 13.0 Å². The molecule has 0 radical (unpaired) electrons. The van der Waals surface area contributed by atoms with Gasteiger partial charge in [0.1, 0.15) is 5.82 Å². The van der Waals surface area contributed by atoms with Crippen LogP contribution in [0, 0.1) is 5.82 Å². The van der Waals surface area contributed by atoms with E-state index in [1.165, 1.54) is 23.1 Å². The number of hydrogen-bond acceptors (Lipinski definition) is 1. The largest absolute Gasteiger partial charge is 0.343 e. The van der Waals surface area contributed by atoms with Gasteiger partial charge in [0.05, 0.1) is 0 Å². The molecular formula is C18H18ClFN2. The minimum atomic E-state index is -0.316. The molecule has 0 fully saturated rings. The summed E-state index contributed by atoms with van der Waals surface area (Å²) in [6.07, 6.45) is 2.94. The number of fused-ring (bicyclic) bond motifs is 1. The highest BCUT2D eigenvalue weighted by Crippen LogP contribution is 2.25. The third-order valence-electron chi connectivity index (χ3n) is 3.77. The van der Waals surface area contributed by atoms with Gasteiger partial charge in [-0.15, -0.1) is 0 Å². The molecule has 1 atom stereocenters. The molecule has 0 saturated heterocycles. The van der Waals surface area contributed by atoms with Crippen molar-refractivity contribution < 1.29 is 4.39 Å². The molecule has 1 unspecified atom stereocenters. The molecule has 0 saturated carbocycles. The summed E-state index contributed by atoms with van der Waals surface area (Å²) in [5.41, 5.74) is 9.21. The maximum Gasteiger partial charge on any atom is 0.124 e. The van der Waals surface area contributed by atoms with E-state index in [4.69, 9.17) is 17.3 Å². The molecular weight excluding hydrogens is 299 g/mol. The Kier molecular flexibility index (Phi) is 4.19. The fourth-order valence-corrected chi connectivity index (χ4v) is 3.02. The van der Waals surface area contributed by atoms with E-state index in [-0.39, 0.29) is 11.9 Å². The van der Waals surface area contributed by atoms with Crippen molar-refractivity contribution in [1.29, 1.82) is 0 Å². The summed E-state index contributed by atoms with van der Waals surface area (Å²) >= 11 is 6.15. The number of rotatable bonds is 4. The first kappa shape index (κ1) is 15.1. The summed E-state index contributed by atoms with van der Waals surface area (Å²) in [6.45, 7) is 2.61. The summed E-state index contributed by atoms with van der Waals surface area (Å²) in [5.74, 6) is -0.316. The molecule has 22 heavy (non-hydrogen) atoms. The van der Waals surface area contributed by atoms with Gasteiger partial charge in [0.25, 0.3) is 0 Å². The van der Waals surface area contributed by atoms with E-state index in [9.17, 15) is 4.39 Å². The van der Waals surface area contributed by atoms with Crippen molar-refractivity contribution in [2.45, 2.75) is 25.9 Å². The predicted molar refractivity (Wildman–Crippen MR) is 89.8 cm³/mol. The van der Waals surface area contributed by atoms with Gasteiger partial charge in [0, 0.05) is 34.7 Å². The Morgan fingerprint density at radius 2 is 1.95 bits per heavy atom. The van der Waals surface area contributed by atoms with Gasteiger partial charge in [-0.05, 0) is 42.7 Å². The van der Waals surface area contributed by atoms with E-state index in [1.54, 1.807) is 6.07 Å². The number of para-hydroxylation sites is 1. The van der Waals surface area contributed by atoms with Gasteiger partial charge >= 0.3 is 0 Å². The van der Waals surface area contributed by atoms with Crippen LogP contribution in [0.15, 0.2) is 48.7 Å². The number of aromatic nitrogens is 1. The fraction of sp³-hybridized carbons (Fsp3) is 0.222. The molecule has 2 aromatic carbocycles. The summed E-state index contributed by atoms with van der Waals surface area (Å²) in [6, 6.07) is 12.9. The Morgan fingerprint density at radius 1 is 1.18 bits per heavy atom. The topological polar surface area (TPSA) is 30.9 Å². The van der Waals surface area contributed by atoms with Crippen molar-refractivity contribution in [3.63, 3.8) is 0 Å². The third-order valence-corrected chi connectivity index (χ3v) is 4.12. The van der Waals surface area contributed by atoms with E-state index in [0.717, 1.165) is 17.5 Å². The average molecular weight is 317 g/mol. The van der Waals surface area contributed by atoms with Gasteiger partial charge in [-0.3, -0.25) is 0 Å². The van der Waals surface area contributed by atoms with Gasteiger partial charge in [0.15, 0.2) is 0 Å². The highest BCUT2D eigenvalue weighted by Gasteiger charge is 2.11. The van der Waals surface area contributed by atoms with Crippen molar-refractivity contribution in [1.82, 2.24) is 4.57 Å². The summed E-state index contributed by atoms with van der Waals surface area (Å²) < 4.78 is 15.3. The smallest absolute Gasteiger partial charge is 0.124 e. The van der Waals surface area contributed by atoms with Crippen molar-refractivity contribution >= 4 is 22.5 Å². The molecule has 1 heterocycles. The third kappa shape index (κ3) is 3.01. The van der Waals surface area contributed by atoms with E-state index in [1.807, 2.05) is 19.1 Å². The Hall–Kier alpha value is -1.84. The van der Waals surface area contributed by atoms with Crippen molar-refractivity contribution in [3.05, 3.63) is 70.6 Å². The van der Waals surface area contributed by atoms with Crippen LogP contribution in [0.1, 0.15) is 18.1 Å². The monoisotopic (exact) mass is 316 g/mol. The summed E-state index contributed by atoms with van der Waals surface area (Å²) in [5, 5.41) is 1.66. The zero-order valence-corrected chi connectivity index (χ0v) is 13.1. The highest BCUT2D eigenvalue weighted by molar-refractivity contribution is 6.31. The second-order valence-corrected chi connectivity index (χ2v) is 6.12. The minimum Gasteiger partial charge on any atom is -0.343 e. The van der Waals surface area contributed by atoms with E-state index >= 15 is 0 Å². The molecule has 0 bridgehead atoms. The Balaban J connectivity index is 2.03. The Morgan fingerprint density at radius 3 is 2.68 bits per heavy atom. The predicted octanol–water partition coefficient (Wildman–Crippen LogP) is 4.37. The van der Waals surface area contributed by atoms with Crippen LogP contribution in [0.5, 0.6) is 0 Å². The first-order chi connectivity index (χ1) is 10.5. The molecule has 0 spiro atoms. The fourth-order valence-electron chi connectivity index (χ4n) is 2.80. The lowest BCUT2D eigenvalue weighted by atomic mass is 10.1. The molecule has 114 valence electrons. The molecule has 2 N–H and O–H groups in total. The first-order valence-electron chi connectivity index (χ1n) is 7.31. The second-order valence-electron chi connectivity index (χ2n) is 5.72. The van der Waals surface area contributed by atoms with Crippen LogP contribution >= 0.6 is 11.6 Å². The van der Waals surface area contributed by atoms with Crippen LogP contribution < -0.4 is 5.73 Å². The van der Waals surface area contributed by atoms with Crippen LogP contribution in [0.25, 0.3) is 10.9 Å². The first-order valence-corrected chi connectivity index (χ1v) is 7.68. The number of nitrogens with zero attached hydrogens (tertiary/aromatic N) is 1. The van der Waals surface area contributed by atoms with Crippen LogP contribution in [-0.4, -0.2) is 10.6 Å². The summed E-state index contributed by atoms with van der Waals surface area (Å²) in [7, 11) is 0. The normalized spacial score (nSPS) is 12.7. The molecule has 4 heteroatoms. The quantitative estimate of drug-likeness (QED) is 0.761. The number of hydrogen-bond donors (Lipinski definition) is 1. The molecule has 3 rings (SSSR count). The van der Waals surface area contributed by atoms with Crippen molar-refractivity contribution in [3.8, 4) is 0 Å². The van der Waals surface area contributed by atoms with Gasteiger partial charge in [-0.25, -0.2) is 4.39 Å².